The molecule has 0 aromatic heterocycles. The van der Waals surface area contributed by atoms with Crippen LogP contribution in [0.2, 0.25) is 0 Å². The van der Waals surface area contributed by atoms with Crippen molar-refractivity contribution >= 4 is 14.4 Å². The third-order valence-electron chi connectivity index (χ3n) is 9.14. The van der Waals surface area contributed by atoms with Crippen molar-refractivity contribution in [1.82, 2.24) is 0 Å². The summed E-state index contributed by atoms with van der Waals surface area (Å²) in [4.78, 5) is 0. The summed E-state index contributed by atoms with van der Waals surface area (Å²) in [7, 11) is 0. The summed E-state index contributed by atoms with van der Waals surface area (Å²) in [6.07, 6.45) is 7.95. The first-order chi connectivity index (χ1) is 20.7. The van der Waals surface area contributed by atoms with Gasteiger partial charge in [0.2, 0.25) is 0 Å². The molecule has 4 aromatic rings. The van der Waals surface area contributed by atoms with Gasteiger partial charge in [-0.05, 0) is 0 Å². The zero-order chi connectivity index (χ0) is 31.6. The average molecular weight is 724 g/mol. The smallest absolute Gasteiger partial charge is 1.00 e. The van der Waals surface area contributed by atoms with Crippen LogP contribution in [0.1, 0.15) is 108 Å². The van der Waals surface area contributed by atoms with Gasteiger partial charge in [0.25, 0.3) is 0 Å². The predicted octanol–water partition coefficient (Wildman–Crippen LogP) is 3.48. The van der Waals surface area contributed by atoms with Gasteiger partial charge in [0, 0.05) is 0 Å². The molecule has 0 radical (unpaired) electrons. The summed E-state index contributed by atoms with van der Waals surface area (Å²) in [5.74, 6) is 0. The molecular weight excluding hydrogens is 679 g/mol. The maximum absolute atomic E-state index is 2.51. The summed E-state index contributed by atoms with van der Waals surface area (Å²) >= 11 is 1.47. The minimum absolute atomic E-state index is 0. The molecule has 0 aliphatic heterocycles. The second-order valence-corrected chi connectivity index (χ2v) is 16.8. The second kappa shape index (κ2) is 13.2. The van der Waals surface area contributed by atoms with Crippen molar-refractivity contribution in [2.45, 2.75) is 85.0 Å². The third-order valence-corrected chi connectivity index (χ3v) is 10.4. The van der Waals surface area contributed by atoms with Crippen LogP contribution in [0.3, 0.4) is 0 Å². The predicted molar refractivity (Wildman–Crippen MR) is 185 cm³/mol. The Bertz CT molecular complexity index is 2020. The first kappa shape index (κ1) is 36.4. The van der Waals surface area contributed by atoms with Crippen LogP contribution in [0.4, 0.5) is 0 Å². The Hall–Kier alpha value is -2.44. The Labute approximate surface area is 303 Å². The Balaban J connectivity index is 0.00000240. The number of halogens is 2. The van der Waals surface area contributed by atoms with Gasteiger partial charge in [-0.3, -0.25) is 0 Å². The Kier molecular flexibility index (Phi) is 10.5. The molecule has 0 unspecified atom stereocenters. The van der Waals surface area contributed by atoms with Crippen LogP contribution in [-0.2, 0) is 41.0 Å². The van der Waals surface area contributed by atoms with Crippen molar-refractivity contribution in [1.29, 1.82) is 0 Å². The van der Waals surface area contributed by atoms with Gasteiger partial charge in [0.1, 0.15) is 0 Å². The van der Waals surface area contributed by atoms with E-state index in [1.54, 1.807) is 0 Å². The Morgan fingerprint density at radius 3 is 1.61 bits per heavy atom. The van der Waals surface area contributed by atoms with Crippen molar-refractivity contribution in [2.24, 2.45) is 0 Å². The number of rotatable bonds is 3. The summed E-state index contributed by atoms with van der Waals surface area (Å²) in [5.41, 5.74) is 12.6. The Morgan fingerprint density at radius 1 is 0.609 bits per heavy atom. The van der Waals surface area contributed by atoms with Gasteiger partial charge in [0.15, 0.2) is 0 Å². The van der Waals surface area contributed by atoms with Crippen LogP contribution in [0.25, 0.3) is 14.4 Å². The van der Waals surface area contributed by atoms with E-state index in [9.17, 15) is 0 Å². The van der Waals surface area contributed by atoms with Gasteiger partial charge in [0.05, 0.1) is 0 Å². The fraction of sp³-hybridized carbons (Fsp3) is 0.302. The fourth-order valence-corrected chi connectivity index (χ4v) is 8.33. The quantitative estimate of drug-likeness (QED) is 0.304. The molecule has 0 bridgehead atoms. The summed E-state index contributed by atoms with van der Waals surface area (Å²) in [5, 5.41) is 5.65. The van der Waals surface area contributed by atoms with Crippen molar-refractivity contribution in [2.75, 3.05) is 0 Å². The Morgan fingerprint density at radius 2 is 1.15 bits per heavy atom. The molecule has 3 heteroatoms. The molecule has 0 nitrogen and oxygen atoms in total. The third kappa shape index (κ3) is 6.38. The molecule has 6 rings (SSSR count). The van der Waals surface area contributed by atoms with Crippen molar-refractivity contribution < 1.29 is 49.5 Å². The van der Waals surface area contributed by atoms with E-state index in [1.165, 1.54) is 99.0 Å². The molecule has 0 fully saturated rings. The van der Waals surface area contributed by atoms with Crippen LogP contribution in [-0.4, -0.2) is 0 Å². The molecule has 0 saturated carbocycles. The summed E-state index contributed by atoms with van der Waals surface area (Å²) in [6.45, 7) is 21.5. The van der Waals surface area contributed by atoms with E-state index in [4.69, 9.17) is 0 Å². The van der Waals surface area contributed by atoms with Gasteiger partial charge >= 0.3 is 281 Å². The first-order valence-electron chi connectivity index (χ1n) is 16.0. The molecule has 2 aliphatic rings. The molecule has 0 amide bonds. The van der Waals surface area contributed by atoms with Crippen LogP contribution in [0.15, 0.2) is 97.1 Å². The maximum Gasteiger partial charge on any atom is -1.00 e. The van der Waals surface area contributed by atoms with Crippen molar-refractivity contribution in [3.8, 4) is 0 Å². The minimum Gasteiger partial charge on any atom is -1.00 e. The number of hydrogen-bond acceptors (Lipinski definition) is 0. The number of hydrogen-bond donors (Lipinski definition) is 0. The van der Waals surface area contributed by atoms with Crippen molar-refractivity contribution in [3.05, 3.63) is 157 Å². The minimum atomic E-state index is -0.0987. The molecule has 0 spiro atoms. The number of benzene rings is 4. The van der Waals surface area contributed by atoms with E-state index < -0.39 is 0 Å². The maximum atomic E-state index is 2.51. The molecular formula is C43H45Cl2Zr. The number of fused-ring (bicyclic) bond motifs is 2. The van der Waals surface area contributed by atoms with Crippen LogP contribution in [0, 0.1) is 10.4 Å². The monoisotopic (exact) mass is 721 g/mol. The zero-order valence-electron chi connectivity index (χ0n) is 28.7. The molecule has 0 saturated heterocycles. The van der Waals surface area contributed by atoms with Crippen LogP contribution < -0.4 is 35.3 Å². The standard InChI is InChI=1S/C43H45.2ClH.Zr/c1-41(2,3)32-24-25-33-31(26-32)27-34-36(30-22-16-17-23-30)39(42(4,5)6)40(43(7,8)9)38(37(33)34)35(28-18-12-10-13-19-28)29-20-14-11-15-21-29;;;/h10-22,24-26H,23H2,1-9H3;2*1H;/q;;;+2/p-2. The van der Waals surface area contributed by atoms with Gasteiger partial charge in [-0.2, -0.15) is 0 Å². The topological polar surface area (TPSA) is 0 Å². The van der Waals surface area contributed by atoms with E-state index in [0.29, 0.717) is 0 Å². The van der Waals surface area contributed by atoms with Gasteiger partial charge in [-0.1, -0.05) is 0 Å². The molecule has 0 heterocycles. The molecule has 46 heavy (non-hydrogen) atoms. The molecule has 2 aliphatic carbocycles. The second-order valence-electron chi connectivity index (χ2n) is 15.6. The number of allylic oxidation sites excluding steroid dienone is 4. The largest absolute Gasteiger partial charge is 1.00 e. The average Bonchev–Trinajstić information content (AvgIpc) is 3.59. The zero-order valence-corrected chi connectivity index (χ0v) is 32.7. The summed E-state index contributed by atoms with van der Waals surface area (Å²) in [6, 6.07) is 29.6. The van der Waals surface area contributed by atoms with Crippen LogP contribution >= 0.6 is 0 Å². The van der Waals surface area contributed by atoms with E-state index in [-0.39, 0.29) is 41.1 Å². The molecule has 4 aromatic carbocycles. The van der Waals surface area contributed by atoms with E-state index in [1.807, 2.05) is 0 Å². The van der Waals surface area contributed by atoms with Gasteiger partial charge in [-0.25, -0.2) is 0 Å². The SMILES string of the molecule is CC(C)(C)c1ccc2c(c1)=[C]([Zr+2])c1c(C3=CC=CC3)c(C(C)(C)C)c(C(C)(C)C)c(=C(c3ccccc3)c3ccccc3)c1=2.[Cl-].[Cl-]. The fourth-order valence-electron chi connectivity index (χ4n) is 7.21. The van der Waals surface area contributed by atoms with Gasteiger partial charge < -0.3 is 24.8 Å². The van der Waals surface area contributed by atoms with Crippen molar-refractivity contribution in [3.63, 3.8) is 0 Å². The normalized spacial score (nSPS) is 13.9. The summed E-state index contributed by atoms with van der Waals surface area (Å²) < 4.78 is 1.49. The van der Waals surface area contributed by atoms with E-state index in [2.05, 4.69) is 159 Å². The molecule has 0 atom stereocenters. The van der Waals surface area contributed by atoms with Crippen LogP contribution in [0.5, 0.6) is 0 Å². The molecule has 0 N–H and O–H groups in total. The molecule has 235 valence electrons. The van der Waals surface area contributed by atoms with Gasteiger partial charge in [-0.15, -0.1) is 0 Å². The van der Waals surface area contributed by atoms with E-state index >= 15 is 0 Å². The van der Waals surface area contributed by atoms with E-state index in [0.717, 1.165) is 6.42 Å². The first-order valence-corrected chi connectivity index (χ1v) is 17.3.